The number of likely N-dealkylation sites (tertiary alicyclic amines) is 1. The first-order valence-electron chi connectivity index (χ1n) is 5.76. The van der Waals surface area contributed by atoms with Crippen molar-refractivity contribution in [3.8, 4) is 0 Å². The van der Waals surface area contributed by atoms with E-state index in [2.05, 4.69) is 10.3 Å². The Kier molecular flexibility index (Phi) is 3.81. The third-order valence-corrected chi connectivity index (χ3v) is 3.82. The molecular formula is C11H15N3O3S. The SMILES string of the molecule is Cc1csc(CNC(=O)N2CCC[C@@H]2C(=O)O)n1. The van der Waals surface area contributed by atoms with Gasteiger partial charge in [-0.05, 0) is 19.8 Å². The van der Waals surface area contributed by atoms with E-state index >= 15 is 0 Å². The number of carboxylic acids is 1. The lowest BCUT2D eigenvalue weighted by Crippen LogP contribution is -2.45. The first kappa shape index (κ1) is 12.8. The third-order valence-electron chi connectivity index (χ3n) is 2.86. The molecule has 18 heavy (non-hydrogen) atoms. The number of urea groups is 1. The van der Waals surface area contributed by atoms with Crippen LogP contribution in [0.5, 0.6) is 0 Å². The van der Waals surface area contributed by atoms with Gasteiger partial charge >= 0.3 is 12.0 Å². The van der Waals surface area contributed by atoms with Crippen LogP contribution in [-0.4, -0.2) is 39.6 Å². The molecule has 0 unspecified atom stereocenters. The van der Waals surface area contributed by atoms with Crippen molar-refractivity contribution >= 4 is 23.3 Å². The number of hydrogen-bond donors (Lipinski definition) is 2. The van der Waals surface area contributed by atoms with Crippen molar-refractivity contribution in [2.24, 2.45) is 0 Å². The first-order chi connectivity index (χ1) is 8.58. The Hall–Kier alpha value is -1.63. The van der Waals surface area contributed by atoms with Crippen LogP contribution in [-0.2, 0) is 11.3 Å². The summed E-state index contributed by atoms with van der Waals surface area (Å²) in [5, 5.41) is 14.4. The van der Waals surface area contributed by atoms with Crippen LogP contribution in [0, 0.1) is 6.92 Å². The summed E-state index contributed by atoms with van der Waals surface area (Å²) in [6.45, 7) is 2.74. The molecule has 2 amide bonds. The molecule has 1 aromatic heterocycles. The van der Waals surface area contributed by atoms with Gasteiger partial charge in [-0.2, -0.15) is 0 Å². The summed E-state index contributed by atoms with van der Waals surface area (Å²) in [6, 6.07) is -1.02. The lowest BCUT2D eigenvalue weighted by atomic mass is 10.2. The molecule has 0 radical (unpaired) electrons. The molecule has 98 valence electrons. The Morgan fingerprint density at radius 3 is 3.06 bits per heavy atom. The zero-order valence-corrected chi connectivity index (χ0v) is 10.9. The van der Waals surface area contributed by atoms with Crippen molar-refractivity contribution in [2.75, 3.05) is 6.54 Å². The number of rotatable bonds is 3. The summed E-state index contributed by atoms with van der Waals surface area (Å²) in [7, 11) is 0. The van der Waals surface area contributed by atoms with E-state index in [9.17, 15) is 9.59 Å². The highest BCUT2D eigenvalue weighted by molar-refractivity contribution is 7.09. The Balaban J connectivity index is 1.89. The molecule has 2 N–H and O–H groups in total. The maximum atomic E-state index is 11.9. The van der Waals surface area contributed by atoms with E-state index in [1.54, 1.807) is 0 Å². The number of nitrogens with one attached hydrogen (secondary N) is 1. The molecule has 1 aliphatic heterocycles. The van der Waals surface area contributed by atoms with Gasteiger partial charge < -0.3 is 15.3 Å². The van der Waals surface area contributed by atoms with Crippen molar-refractivity contribution in [2.45, 2.75) is 32.4 Å². The summed E-state index contributed by atoms with van der Waals surface area (Å²) in [4.78, 5) is 28.4. The second-order valence-electron chi connectivity index (χ2n) is 4.23. The average Bonchev–Trinajstić information content (AvgIpc) is 2.94. The summed E-state index contributed by atoms with van der Waals surface area (Å²) in [5.74, 6) is -0.937. The number of hydrogen-bond acceptors (Lipinski definition) is 4. The van der Waals surface area contributed by atoms with Crippen LogP contribution in [0.3, 0.4) is 0 Å². The Labute approximate surface area is 109 Å². The molecule has 6 nitrogen and oxygen atoms in total. The molecule has 1 fully saturated rings. The van der Waals surface area contributed by atoms with Gasteiger partial charge in [0.15, 0.2) is 0 Å². The molecule has 0 saturated carbocycles. The molecular weight excluding hydrogens is 254 g/mol. The minimum Gasteiger partial charge on any atom is -0.480 e. The molecule has 1 saturated heterocycles. The molecule has 0 aromatic carbocycles. The van der Waals surface area contributed by atoms with Crippen LogP contribution >= 0.6 is 11.3 Å². The Morgan fingerprint density at radius 2 is 2.44 bits per heavy atom. The van der Waals surface area contributed by atoms with Crippen LogP contribution < -0.4 is 5.32 Å². The predicted octanol–water partition coefficient (Wildman–Crippen LogP) is 1.21. The zero-order chi connectivity index (χ0) is 13.1. The van der Waals surface area contributed by atoms with Crippen molar-refractivity contribution in [1.29, 1.82) is 0 Å². The first-order valence-corrected chi connectivity index (χ1v) is 6.64. The highest BCUT2D eigenvalue weighted by Gasteiger charge is 2.33. The van der Waals surface area contributed by atoms with Gasteiger partial charge in [0.1, 0.15) is 11.0 Å². The van der Waals surface area contributed by atoms with Gasteiger partial charge in [-0.3, -0.25) is 0 Å². The molecule has 0 aliphatic carbocycles. The van der Waals surface area contributed by atoms with Gasteiger partial charge in [-0.25, -0.2) is 14.6 Å². The molecule has 1 atom stereocenters. The maximum absolute atomic E-state index is 11.9. The Morgan fingerprint density at radius 1 is 1.67 bits per heavy atom. The van der Waals surface area contributed by atoms with E-state index in [4.69, 9.17) is 5.11 Å². The number of aryl methyl sites for hydroxylation is 1. The van der Waals surface area contributed by atoms with Gasteiger partial charge in [0.25, 0.3) is 0 Å². The van der Waals surface area contributed by atoms with Crippen LogP contribution in [0.1, 0.15) is 23.5 Å². The number of carbonyl (C=O) groups excluding carboxylic acids is 1. The molecule has 1 aromatic rings. The third kappa shape index (κ3) is 2.79. The number of thiazole rings is 1. The fourth-order valence-corrected chi connectivity index (χ4v) is 2.71. The van der Waals surface area contributed by atoms with Crippen molar-refractivity contribution in [3.05, 3.63) is 16.1 Å². The lowest BCUT2D eigenvalue weighted by Gasteiger charge is -2.21. The molecule has 2 heterocycles. The second-order valence-corrected chi connectivity index (χ2v) is 5.17. The quantitative estimate of drug-likeness (QED) is 0.864. The fraction of sp³-hybridized carbons (Fsp3) is 0.545. The summed E-state index contributed by atoms with van der Waals surface area (Å²) in [6.07, 6.45) is 1.26. The van der Waals surface area contributed by atoms with E-state index in [0.717, 1.165) is 17.1 Å². The maximum Gasteiger partial charge on any atom is 0.326 e. The van der Waals surface area contributed by atoms with Gasteiger partial charge in [-0.15, -0.1) is 11.3 Å². The van der Waals surface area contributed by atoms with Crippen LogP contribution in [0.25, 0.3) is 0 Å². The number of carbonyl (C=O) groups is 2. The smallest absolute Gasteiger partial charge is 0.326 e. The molecule has 0 spiro atoms. The largest absolute Gasteiger partial charge is 0.480 e. The predicted molar refractivity (Wildman–Crippen MR) is 66.5 cm³/mol. The zero-order valence-electron chi connectivity index (χ0n) is 10.0. The summed E-state index contributed by atoms with van der Waals surface area (Å²) < 4.78 is 0. The standard InChI is InChI=1S/C11H15N3O3S/c1-7-6-18-9(13-7)5-12-11(17)14-4-2-3-8(14)10(15)16/h6,8H,2-5H2,1H3,(H,12,17)(H,15,16)/t8-/m1/s1. The summed E-state index contributed by atoms with van der Waals surface area (Å²) >= 11 is 1.48. The van der Waals surface area contributed by atoms with E-state index in [1.165, 1.54) is 16.2 Å². The molecule has 7 heteroatoms. The number of amides is 2. The van der Waals surface area contributed by atoms with Gasteiger partial charge in [-0.1, -0.05) is 0 Å². The lowest BCUT2D eigenvalue weighted by molar-refractivity contribution is -0.141. The topological polar surface area (TPSA) is 82.5 Å². The number of nitrogens with zero attached hydrogens (tertiary/aromatic N) is 2. The normalized spacial score (nSPS) is 18.9. The van der Waals surface area contributed by atoms with Gasteiger partial charge in [0.05, 0.1) is 6.54 Å². The van der Waals surface area contributed by atoms with Gasteiger partial charge in [0, 0.05) is 17.6 Å². The van der Waals surface area contributed by atoms with Crippen molar-refractivity contribution < 1.29 is 14.7 Å². The van der Waals surface area contributed by atoms with E-state index in [0.29, 0.717) is 19.5 Å². The van der Waals surface area contributed by atoms with E-state index in [-0.39, 0.29) is 6.03 Å². The minimum absolute atomic E-state index is 0.326. The molecule has 1 aliphatic rings. The van der Waals surface area contributed by atoms with Crippen molar-refractivity contribution in [1.82, 2.24) is 15.2 Å². The average molecular weight is 269 g/mol. The number of aliphatic carboxylic acids is 1. The summed E-state index contributed by atoms with van der Waals surface area (Å²) in [5.41, 5.74) is 0.925. The second kappa shape index (κ2) is 5.34. The monoisotopic (exact) mass is 269 g/mol. The fourth-order valence-electron chi connectivity index (χ4n) is 2.00. The number of aromatic nitrogens is 1. The van der Waals surface area contributed by atoms with Crippen molar-refractivity contribution in [3.63, 3.8) is 0 Å². The molecule has 2 rings (SSSR count). The van der Waals surface area contributed by atoms with E-state index < -0.39 is 12.0 Å². The van der Waals surface area contributed by atoms with Gasteiger partial charge in [0.2, 0.25) is 0 Å². The molecule has 0 bridgehead atoms. The highest BCUT2D eigenvalue weighted by atomic mass is 32.1. The Bertz CT molecular complexity index is 460. The number of carboxylic acid groups (broad SMARTS) is 1. The van der Waals surface area contributed by atoms with Crippen LogP contribution in [0.2, 0.25) is 0 Å². The highest BCUT2D eigenvalue weighted by Crippen LogP contribution is 2.17. The van der Waals surface area contributed by atoms with Crippen LogP contribution in [0.4, 0.5) is 4.79 Å². The van der Waals surface area contributed by atoms with Crippen LogP contribution in [0.15, 0.2) is 5.38 Å². The van der Waals surface area contributed by atoms with E-state index in [1.807, 2.05) is 12.3 Å². The minimum atomic E-state index is -0.937.